The molecule has 0 aliphatic heterocycles. The maximum absolute atomic E-state index is 11.9. The fourth-order valence-corrected chi connectivity index (χ4v) is 4.04. The minimum Gasteiger partial charge on any atom is -0.306 e. The predicted octanol–water partition coefficient (Wildman–Crippen LogP) is 0.696. The van der Waals surface area contributed by atoms with Crippen molar-refractivity contribution in [2.75, 3.05) is 6.54 Å². The summed E-state index contributed by atoms with van der Waals surface area (Å²) in [6, 6.07) is 7.38. The number of aromatic nitrogens is 2. The van der Waals surface area contributed by atoms with E-state index in [0.717, 1.165) is 36.7 Å². The molecule has 0 spiro atoms. The molecular weight excluding hydrogens is 304 g/mol. The normalized spacial score (nSPS) is 16.5. The number of benzene rings is 1. The maximum atomic E-state index is 11.9. The predicted molar refractivity (Wildman–Crippen MR) is 84.9 cm³/mol. The van der Waals surface area contributed by atoms with Gasteiger partial charge in [-0.1, -0.05) is 25.0 Å². The highest BCUT2D eigenvalue weighted by molar-refractivity contribution is 7.87. The monoisotopic (exact) mass is 324 g/mol. The minimum absolute atomic E-state index is 0.0355. The Labute approximate surface area is 128 Å². The van der Waals surface area contributed by atoms with Crippen LogP contribution in [0.3, 0.4) is 0 Å². The molecule has 1 heterocycles. The van der Waals surface area contributed by atoms with Crippen molar-refractivity contribution in [2.24, 2.45) is 0 Å². The molecule has 1 aliphatic carbocycles. The van der Waals surface area contributed by atoms with E-state index in [1.807, 2.05) is 24.3 Å². The molecular formula is C14H20N4O3S. The van der Waals surface area contributed by atoms with Crippen LogP contribution in [0.5, 0.6) is 0 Å². The Kier molecular flexibility index (Phi) is 4.32. The molecule has 1 aromatic heterocycles. The lowest BCUT2D eigenvalue weighted by molar-refractivity contribution is 0.533. The highest BCUT2D eigenvalue weighted by Crippen LogP contribution is 2.18. The molecule has 3 rings (SSSR count). The minimum atomic E-state index is -3.51. The molecule has 120 valence electrons. The summed E-state index contributed by atoms with van der Waals surface area (Å²) in [6.45, 7) is 0.457. The second-order valence-corrected chi connectivity index (χ2v) is 7.13. The fourth-order valence-electron chi connectivity index (χ4n) is 2.93. The van der Waals surface area contributed by atoms with Crippen LogP contribution in [-0.4, -0.2) is 30.6 Å². The van der Waals surface area contributed by atoms with Crippen molar-refractivity contribution in [3.63, 3.8) is 0 Å². The Bertz CT molecular complexity index is 803. The first kappa shape index (κ1) is 15.3. The third-order valence-corrected chi connectivity index (χ3v) is 5.21. The summed E-state index contributed by atoms with van der Waals surface area (Å²) in [5.74, 6) is 0. The van der Waals surface area contributed by atoms with E-state index in [-0.39, 0.29) is 24.8 Å². The Morgan fingerprint density at radius 1 is 1.23 bits per heavy atom. The summed E-state index contributed by atoms with van der Waals surface area (Å²) in [4.78, 5) is 14.6. The van der Waals surface area contributed by atoms with Gasteiger partial charge in [-0.2, -0.15) is 13.1 Å². The van der Waals surface area contributed by atoms with Crippen LogP contribution in [0.15, 0.2) is 29.1 Å². The van der Waals surface area contributed by atoms with Gasteiger partial charge in [0.1, 0.15) is 0 Å². The van der Waals surface area contributed by atoms with Crippen LogP contribution in [0.25, 0.3) is 11.0 Å². The third kappa shape index (κ3) is 3.40. The Morgan fingerprint density at radius 3 is 2.73 bits per heavy atom. The van der Waals surface area contributed by atoms with E-state index >= 15 is 0 Å². The van der Waals surface area contributed by atoms with E-state index < -0.39 is 10.2 Å². The van der Waals surface area contributed by atoms with E-state index in [2.05, 4.69) is 14.4 Å². The maximum Gasteiger partial charge on any atom is 0.326 e. The lowest BCUT2D eigenvalue weighted by atomic mass is 10.3. The van der Waals surface area contributed by atoms with Crippen LogP contribution in [0.2, 0.25) is 0 Å². The van der Waals surface area contributed by atoms with Gasteiger partial charge in [0.15, 0.2) is 0 Å². The van der Waals surface area contributed by atoms with E-state index in [1.54, 1.807) is 0 Å². The van der Waals surface area contributed by atoms with E-state index in [1.165, 1.54) is 4.57 Å². The van der Waals surface area contributed by atoms with E-state index in [0.29, 0.717) is 0 Å². The SMILES string of the molecule is O=c1[nH]c2ccccc2n1CCNS(=O)(=O)NC1CCCC1. The summed E-state index contributed by atoms with van der Waals surface area (Å²) in [7, 11) is -3.51. The molecule has 0 unspecified atom stereocenters. The van der Waals surface area contributed by atoms with Crippen LogP contribution in [-0.2, 0) is 16.8 Å². The van der Waals surface area contributed by atoms with Gasteiger partial charge in [0.05, 0.1) is 11.0 Å². The van der Waals surface area contributed by atoms with Crippen molar-refractivity contribution in [1.82, 2.24) is 19.0 Å². The fraction of sp³-hybridized carbons (Fsp3) is 0.500. The van der Waals surface area contributed by atoms with Crippen molar-refractivity contribution in [3.8, 4) is 0 Å². The van der Waals surface area contributed by atoms with Crippen LogP contribution >= 0.6 is 0 Å². The molecule has 8 heteroatoms. The van der Waals surface area contributed by atoms with Crippen molar-refractivity contribution in [1.29, 1.82) is 0 Å². The number of hydrogen-bond acceptors (Lipinski definition) is 3. The lowest BCUT2D eigenvalue weighted by Gasteiger charge is -2.13. The zero-order valence-corrected chi connectivity index (χ0v) is 13.0. The van der Waals surface area contributed by atoms with Gasteiger partial charge < -0.3 is 4.98 Å². The largest absolute Gasteiger partial charge is 0.326 e. The molecule has 1 aliphatic rings. The van der Waals surface area contributed by atoms with Gasteiger partial charge in [-0.15, -0.1) is 0 Å². The highest BCUT2D eigenvalue weighted by Gasteiger charge is 2.20. The summed E-state index contributed by atoms with van der Waals surface area (Å²) >= 11 is 0. The Hall–Kier alpha value is -1.64. The first-order chi connectivity index (χ1) is 10.6. The Morgan fingerprint density at radius 2 is 1.95 bits per heavy atom. The zero-order valence-electron chi connectivity index (χ0n) is 12.2. The standard InChI is InChI=1S/C14H20N4O3S/c19-14-16-12-7-3-4-8-13(12)18(14)10-9-15-22(20,21)17-11-5-1-2-6-11/h3-4,7-8,11,15,17H,1-2,5-6,9-10H2,(H,16,19). The highest BCUT2D eigenvalue weighted by atomic mass is 32.2. The molecule has 0 bridgehead atoms. The number of hydrogen-bond donors (Lipinski definition) is 3. The zero-order chi connectivity index (χ0) is 15.6. The van der Waals surface area contributed by atoms with Gasteiger partial charge in [-0.25, -0.2) is 9.52 Å². The van der Waals surface area contributed by atoms with Crippen molar-refractivity contribution in [2.45, 2.75) is 38.3 Å². The molecule has 0 saturated heterocycles. The molecule has 0 amide bonds. The molecule has 0 atom stereocenters. The molecule has 22 heavy (non-hydrogen) atoms. The number of fused-ring (bicyclic) bond motifs is 1. The van der Waals surface area contributed by atoms with E-state index in [4.69, 9.17) is 0 Å². The summed E-state index contributed by atoms with van der Waals surface area (Å²) in [6.07, 6.45) is 3.92. The van der Waals surface area contributed by atoms with Crippen LogP contribution in [0.4, 0.5) is 0 Å². The summed E-state index contributed by atoms with van der Waals surface area (Å²) in [5, 5.41) is 0. The molecule has 0 radical (unpaired) electrons. The first-order valence-electron chi connectivity index (χ1n) is 7.50. The van der Waals surface area contributed by atoms with Gasteiger partial charge in [-0.05, 0) is 25.0 Å². The number of para-hydroxylation sites is 2. The smallest absolute Gasteiger partial charge is 0.306 e. The molecule has 1 aromatic carbocycles. The van der Waals surface area contributed by atoms with Gasteiger partial charge in [0.25, 0.3) is 10.2 Å². The van der Waals surface area contributed by atoms with Crippen molar-refractivity contribution >= 4 is 21.2 Å². The summed E-state index contributed by atoms with van der Waals surface area (Å²) in [5.41, 5.74) is 1.29. The summed E-state index contributed by atoms with van der Waals surface area (Å²) < 4.78 is 30.6. The second-order valence-electron chi connectivity index (χ2n) is 5.60. The first-order valence-corrected chi connectivity index (χ1v) is 8.98. The van der Waals surface area contributed by atoms with Crippen LogP contribution in [0, 0.1) is 0 Å². The average molecular weight is 324 g/mol. The third-order valence-electron chi connectivity index (χ3n) is 3.99. The van der Waals surface area contributed by atoms with Gasteiger partial charge >= 0.3 is 5.69 Å². The number of nitrogens with one attached hydrogen (secondary N) is 3. The van der Waals surface area contributed by atoms with Gasteiger partial charge in [-0.3, -0.25) is 4.57 Å². The molecule has 3 N–H and O–H groups in total. The molecule has 1 saturated carbocycles. The van der Waals surface area contributed by atoms with Crippen molar-refractivity contribution in [3.05, 3.63) is 34.7 Å². The Balaban J connectivity index is 1.62. The lowest BCUT2D eigenvalue weighted by Crippen LogP contribution is -2.43. The molecule has 1 fully saturated rings. The number of rotatable bonds is 6. The topological polar surface area (TPSA) is 96.0 Å². The number of nitrogens with zero attached hydrogens (tertiary/aromatic N) is 1. The second kappa shape index (κ2) is 6.23. The van der Waals surface area contributed by atoms with Gasteiger partial charge in [0, 0.05) is 19.1 Å². The average Bonchev–Trinajstić information content (AvgIpc) is 3.06. The number of H-pyrrole nitrogens is 1. The quantitative estimate of drug-likeness (QED) is 0.729. The van der Waals surface area contributed by atoms with Crippen molar-refractivity contribution < 1.29 is 8.42 Å². The van der Waals surface area contributed by atoms with Crippen LogP contribution in [0.1, 0.15) is 25.7 Å². The molecule has 2 aromatic rings. The number of imidazole rings is 1. The van der Waals surface area contributed by atoms with Gasteiger partial charge in [0.2, 0.25) is 0 Å². The van der Waals surface area contributed by atoms with Crippen LogP contribution < -0.4 is 15.1 Å². The molecule has 7 nitrogen and oxygen atoms in total. The number of aromatic amines is 1. The van der Waals surface area contributed by atoms with E-state index in [9.17, 15) is 13.2 Å².